The predicted molar refractivity (Wildman–Crippen MR) is 74.1 cm³/mol. The number of anilines is 1. The lowest BCUT2D eigenvalue weighted by molar-refractivity contribution is -0.136. The second-order valence-electron chi connectivity index (χ2n) is 4.97. The Morgan fingerprint density at radius 3 is 2.90 bits per heavy atom. The first-order valence-electron chi connectivity index (χ1n) is 6.60. The SMILES string of the molecule is COC(=O)C1=C(C)N2c3ccccc3C(=O)NC2CC1. The van der Waals surface area contributed by atoms with Gasteiger partial charge in [0.1, 0.15) is 6.17 Å². The summed E-state index contributed by atoms with van der Waals surface area (Å²) in [6.07, 6.45) is 1.22. The van der Waals surface area contributed by atoms with Gasteiger partial charge in [-0.3, -0.25) is 4.79 Å². The first-order valence-corrected chi connectivity index (χ1v) is 6.60. The van der Waals surface area contributed by atoms with Gasteiger partial charge in [-0.15, -0.1) is 0 Å². The smallest absolute Gasteiger partial charge is 0.335 e. The minimum absolute atomic E-state index is 0.0591. The summed E-state index contributed by atoms with van der Waals surface area (Å²) in [7, 11) is 1.39. The lowest BCUT2D eigenvalue weighted by Crippen LogP contribution is -2.54. The van der Waals surface area contributed by atoms with Crippen molar-refractivity contribution >= 4 is 17.6 Å². The molecule has 0 saturated heterocycles. The number of hydrogen-bond acceptors (Lipinski definition) is 4. The van der Waals surface area contributed by atoms with Gasteiger partial charge < -0.3 is 15.0 Å². The van der Waals surface area contributed by atoms with Crippen LogP contribution >= 0.6 is 0 Å². The highest BCUT2D eigenvalue weighted by Crippen LogP contribution is 2.36. The topological polar surface area (TPSA) is 58.6 Å². The van der Waals surface area contributed by atoms with Crippen molar-refractivity contribution in [2.24, 2.45) is 0 Å². The number of fused-ring (bicyclic) bond motifs is 3. The number of carbonyl (C=O) groups excluding carboxylic acids is 2. The Kier molecular flexibility index (Phi) is 2.97. The van der Waals surface area contributed by atoms with E-state index in [1.807, 2.05) is 30.0 Å². The van der Waals surface area contributed by atoms with Crippen molar-refractivity contribution in [2.45, 2.75) is 25.9 Å². The number of para-hydroxylation sites is 1. The van der Waals surface area contributed by atoms with E-state index in [0.29, 0.717) is 24.0 Å². The van der Waals surface area contributed by atoms with Crippen molar-refractivity contribution in [3.05, 3.63) is 41.1 Å². The Morgan fingerprint density at radius 1 is 1.40 bits per heavy atom. The summed E-state index contributed by atoms with van der Waals surface area (Å²) in [4.78, 5) is 25.9. The van der Waals surface area contributed by atoms with Crippen molar-refractivity contribution in [1.29, 1.82) is 0 Å². The molecule has 3 rings (SSSR count). The average Bonchev–Trinajstić information content (AvgIpc) is 2.47. The van der Waals surface area contributed by atoms with Gasteiger partial charge in [0, 0.05) is 5.70 Å². The summed E-state index contributed by atoms with van der Waals surface area (Å²) in [5.41, 5.74) is 3.00. The molecule has 5 heteroatoms. The van der Waals surface area contributed by atoms with Gasteiger partial charge >= 0.3 is 5.97 Å². The van der Waals surface area contributed by atoms with Gasteiger partial charge in [0.05, 0.1) is 23.9 Å². The molecule has 0 spiro atoms. The largest absolute Gasteiger partial charge is 0.466 e. The average molecular weight is 272 g/mol. The van der Waals surface area contributed by atoms with Gasteiger partial charge in [0.2, 0.25) is 0 Å². The number of nitrogens with zero attached hydrogens (tertiary/aromatic N) is 1. The highest BCUT2D eigenvalue weighted by Gasteiger charge is 2.36. The number of carbonyl (C=O) groups is 2. The minimum Gasteiger partial charge on any atom is -0.466 e. The van der Waals surface area contributed by atoms with Crippen LogP contribution in [0.25, 0.3) is 0 Å². The molecule has 0 saturated carbocycles. The molecule has 1 atom stereocenters. The van der Waals surface area contributed by atoms with Gasteiger partial charge in [0.15, 0.2) is 0 Å². The molecule has 0 aliphatic carbocycles. The number of allylic oxidation sites excluding steroid dienone is 1. The number of hydrogen-bond donors (Lipinski definition) is 1. The Bertz CT molecular complexity index is 621. The Hall–Kier alpha value is -2.30. The molecular weight excluding hydrogens is 256 g/mol. The third-order valence-corrected chi connectivity index (χ3v) is 3.92. The van der Waals surface area contributed by atoms with E-state index in [0.717, 1.165) is 11.4 Å². The third-order valence-electron chi connectivity index (χ3n) is 3.92. The van der Waals surface area contributed by atoms with Gasteiger partial charge in [-0.1, -0.05) is 12.1 Å². The lowest BCUT2D eigenvalue weighted by Gasteiger charge is -2.42. The molecule has 1 aromatic rings. The monoisotopic (exact) mass is 272 g/mol. The highest BCUT2D eigenvalue weighted by molar-refractivity contribution is 6.03. The maximum atomic E-state index is 12.1. The Morgan fingerprint density at radius 2 is 2.15 bits per heavy atom. The number of ether oxygens (including phenoxy) is 1. The van der Waals surface area contributed by atoms with Crippen LogP contribution in [0.1, 0.15) is 30.1 Å². The standard InChI is InChI=1S/C15H16N2O3/c1-9-10(15(19)20-2)7-8-13-16-14(18)11-5-3-4-6-12(11)17(9)13/h3-6,13H,7-8H2,1-2H3,(H,16,18). The summed E-state index contributed by atoms with van der Waals surface area (Å²) in [6, 6.07) is 7.43. The molecule has 5 nitrogen and oxygen atoms in total. The lowest BCUT2D eigenvalue weighted by atomic mass is 9.96. The van der Waals surface area contributed by atoms with Crippen LogP contribution in [0.15, 0.2) is 35.5 Å². The highest BCUT2D eigenvalue weighted by atomic mass is 16.5. The van der Waals surface area contributed by atoms with Gasteiger partial charge in [-0.25, -0.2) is 4.79 Å². The molecule has 0 radical (unpaired) electrons. The van der Waals surface area contributed by atoms with Crippen molar-refractivity contribution in [1.82, 2.24) is 5.32 Å². The van der Waals surface area contributed by atoms with Crippen molar-refractivity contribution < 1.29 is 14.3 Å². The van der Waals surface area contributed by atoms with E-state index in [1.165, 1.54) is 7.11 Å². The van der Waals surface area contributed by atoms with E-state index in [2.05, 4.69) is 5.32 Å². The van der Waals surface area contributed by atoms with Crippen LogP contribution in [0.5, 0.6) is 0 Å². The fraction of sp³-hybridized carbons (Fsp3) is 0.333. The molecule has 0 aromatic heterocycles. The van der Waals surface area contributed by atoms with Crippen LogP contribution in [0.3, 0.4) is 0 Å². The Balaban J connectivity index is 2.12. The maximum Gasteiger partial charge on any atom is 0.335 e. The van der Waals surface area contributed by atoms with E-state index in [-0.39, 0.29) is 18.0 Å². The van der Waals surface area contributed by atoms with E-state index in [9.17, 15) is 9.59 Å². The first-order chi connectivity index (χ1) is 9.63. The van der Waals surface area contributed by atoms with Crippen LogP contribution in [0.4, 0.5) is 5.69 Å². The molecule has 1 amide bonds. The maximum absolute atomic E-state index is 12.1. The van der Waals surface area contributed by atoms with Crippen molar-refractivity contribution in [3.8, 4) is 0 Å². The van der Waals surface area contributed by atoms with Gasteiger partial charge in [-0.2, -0.15) is 0 Å². The summed E-state index contributed by atoms with van der Waals surface area (Å²) in [6.45, 7) is 1.90. The fourth-order valence-corrected chi connectivity index (χ4v) is 2.93. The molecule has 104 valence electrons. The minimum atomic E-state index is -0.296. The second kappa shape index (κ2) is 4.67. The zero-order valence-corrected chi connectivity index (χ0v) is 11.5. The molecule has 2 aliphatic heterocycles. The van der Waals surface area contributed by atoms with Crippen LogP contribution in [0, 0.1) is 0 Å². The summed E-state index contributed by atoms with van der Waals surface area (Å²) in [5, 5.41) is 2.98. The quantitative estimate of drug-likeness (QED) is 0.792. The number of benzene rings is 1. The van der Waals surface area contributed by atoms with Crippen LogP contribution in [-0.2, 0) is 9.53 Å². The van der Waals surface area contributed by atoms with Gasteiger partial charge in [0.25, 0.3) is 5.91 Å². The molecule has 0 fully saturated rings. The second-order valence-corrected chi connectivity index (χ2v) is 4.97. The summed E-state index contributed by atoms with van der Waals surface area (Å²) >= 11 is 0. The summed E-state index contributed by atoms with van der Waals surface area (Å²) in [5.74, 6) is -0.355. The van der Waals surface area contributed by atoms with Crippen molar-refractivity contribution in [3.63, 3.8) is 0 Å². The third kappa shape index (κ3) is 1.78. The van der Waals surface area contributed by atoms with Crippen LogP contribution < -0.4 is 10.2 Å². The first kappa shape index (κ1) is 12.7. The molecule has 1 aromatic carbocycles. The fourth-order valence-electron chi connectivity index (χ4n) is 2.93. The zero-order valence-electron chi connectivity index (χ0n) is 11.5. The van der Waals surface area contributed by atoms with Crippen LogP contribution in [-0.4, -0.2) is 25.2 Å². The summed E-state index contributed by atoms with van der Waals surface area (Å²) < 4.78 is 4.84. The molecule has 0 bridgehead atoms. The number of rotatable bonds is 1. The van der Waals surface area contributed by atoms with Gasteiger partial charge in [-0.05, 0) is 31.9 Å². The number of esters is 1. The molecule has 20 heavy (non-hydrogen) atoms. The number of methoxy groups -OCH3 is 1. The van der Waals surface area contributed by atoms with E-state index in [4.69, 9.17) is 4.74 Å². The molecule has 2 heterocycles. The van der Waals surface area contributed by atoms with Crippen molar-refractivity contribution in [2.75, 3.05) is 12.0 Å². The molecular formula is C15H16N2O3. The molecule has 2 aliphatic rings. The van der Waals surface area contributed by atoms with E-state index in [1.54, 1.807) is 6.07 Å². The zero-order chi connectivity index (χ0) is 14.3. The molecule has 1 N–H and O–H groups in total. The van der Waals surface area contributed by atoms with Crippen LogP contribution in [0.2, 0.25) is 0 Å². The number of amides is 1. The Labute approximate surface area is 117 Å². The van der Waals surface area contributed by atoms with E-state index >= 15 is 0 Å². The number of nitrogens with one attached hydrogen (secondary N) is 1. The molecule has 1 unspecified atom stereocenters. The normalized spacial score (nSPS) is 21.0. The van der Waals surface area contributed by atoms with E-state index < -0.39 is 0 Å². The predicted octanol–water partition coefficient (Wildman–Crippen LogP) is 1.80.